The molecule has 0 spiro atoms. The zero-order chi connectivity index (χ0) is 10.7. The van der Waals surface area contributed by atoms with Gasteiger partial charge in [-0.3, -0.25) is 0 Å². The van der Waals surface area contributed by atoms with Gasteiger partial charge < -0.3 is 5.84 Å². The summed E-state index contributed by atoms with van der Waals surface area (Å²) in [6.45, 7) is 6.07. The van der Waals surface area contributed by atoms with Crippen molar-refractivity contribution in [2.45, 2.75) is 31.8 Å². The van der Waals surface area contributed by atoms with Crippen molar-refractivity contribution in [2.75, 3.05) is 11.6 Å². The van der Waals surface area contributed by atoms with Gasteiger partial charge in [0, 0.05) is 5.92 Å². The molecule has 0 unspecified atom stereocenters. The average Bonchev–Trinajstić information content (AvgIpc) is 2.13. The monoisotopic (exact) mass is 230 g/mol. The molecule has 1 rings (SSSR count). The summed E-state index contributed by atoms with van der Waals surface area (Å²) < 4.78 is 2.01. The van der Waals surface area contributed by atoms with E-state index in [-0.39, 0.29) is 5.92 Å². The molecule has 0 radical (unpaired) electrons. The molecule has 1 aromatic rings. The second-order valence-corrected chi connectivity index (χ2v) is 4.75. The third-order valence-electron chi connectivity index (χ3n) is 1.71. The highest BCUT2D eigenvalue weighted by molar-refractivity contribution is 7.99. The third kappa shape index (κ3) is 2.24. The van der Waals surface area contributed by atoms with Crippen molar-refractivity contribution in [3.8, 4) is 0 Å². The Hall–Kier alpha value is -0.620. The maximum absolute atomic E-state index is 5.80. The molecule has 0 amide bonds. The summed E-state index contributed by atoms with van der Waals surface area (Å²) in [5.41, 5.74) is 0.781. The molecule has 4 nitrogen and oxygen atoms in total. The first-order chi connectivity index (χ1) is 6.57. The number of aromatic nitrogens is 3. The van der Waals surface area contributed by atoms with E-state index in [1.165, 1.54) is 16.4 Å². The van der Waals surface area contributed by atoms with Gasteiger partial charge in [-0.2, -0.15) is 0 Å². The SMILES string of the molecule is CCSc1nnc(C(C)C)c(=S)n1N. The number of rotatable bonds is 3. The lowest BCUT2D eigenvalue weighted by Gasteiger charge is -2.09. The topological polar surface area (TPSA) is 56.7 Å². The van der Waals surface area contributed by atoms with Crippen LogP contribution in [0.25, 0.3) is 0 Å². The fourth-order valence-electron chi connectivity index (χ4n) is 0.988. The third-order valence-corrected chi connectivity index (χ3v) is 2.94. The summed E-state index contributed by atoms with van der Waals surface area (Å²) in [4.78, 5) is 0. The van der Waals surface area contributed by atoms with Crippen molar-refractivity contribution in [2.24, 2.45) is 0 Å². The van der Waals surface area contributed by atoms with E-state index in [1.807, 2.05) is 20.8 Å². The Balaban J connectivity index is 3.20. The van der Waals surface area contributed by atoms with Crippen molar-refractivity contribution < 1.29 is 0 Å². The zero-order valence-corrected chi connectivity index (χ0v) is 10.2. The maximum atomic E-state index is 5.80. The summed E-state index contributed by atoms with van der Waals surface area (Å²) in [5, 5.41) is 8.78. The molecule has 78 valence electrons. The van der Waals surface area contributed by atoms with Crippen LogP contribution < -0.4 is 5.84 Å². The van der Waals surface area contributed by atoms with Crippen LogP contribution in [0.5, 0.6) is 0 Å². The molecule has 14 heavy (non-hydrogen) atoms. The van der Waals surface area contributed by atoms with Gasteiger partial charge in [0.05, 0.1) is 0 Å². The number of nitrogens with two attached hydrogens (primary N) is 1. The van der Waals surface area contributed by atoms with E-state index in [0.717, 1.165) is 11.4 Å². The molecule has 0 atom stereocenters. The van der Waals surface area contributed by atoms with Gasteiger partial charge in [0.15, 0.2) is 4.64 Å². The van der Waals surface area contributed by atoms with Crippen LogP contribution in [0.1, 0.15) is 32.4 Å². The average molecular weight is 230 g/mol. The fraction of sp³-hybridized carbons (Fsp3) is 0.625. The van der Waals surface area contributed by atoms with Crippen molar-refractivity contribution in [1.29, 1.82) is 0 Å². The number of hydrogen-bond donors (Lipinski definition) is 1. The lowest BCUT2D eigenvalue weighted by Crippen LogP contribution is -2.18. The lowest BCUT2D eigenvalue weighted by molar-refractivity contribution is 0.654. The zero-order valence-electron chi connectivity index (χ0n) is 8.52. The first-order valence-corrected chi connectivity index (χ1v) is 5.84. The summed E-state index contributed by atoms with van der Waals surface area (Å²) in [7, 11) is 0. The number of thioether (sulfide) groups is 1. The molecule has 1 heterocycles. The van der Waals surface area contributed by atoms with E-state index >= 15 is 0 Å². The highest BCUT2D eigenvalue weighted by Crippen LogP contribution is 2.16. The Morgan fingerprint density at radius 1 is 1.50 bits per heavy atom. The normalized spacial score (nSPS) is 10.9. The minimum Gasteiger partial charge on any atom is -0.336 e. The van der Waals surface area contributed by atoms with Crippen LogP contribution in [0.2, 0.25) is 0 Å². The summed E-state index contributed by atoms with van der Waals surface area (Å²) in [6, 6.07) is 0. The molecule has 0 saturated carbocycles. The van der Waals surface area contributed by atoms with E-state index in [2.05, 4.69) is 10.2 Å². The highest BCUT2D eigenvalue weighted by Gasteiger charge is 2.09. The molecule has 6 heteroatoms. The molecule has 0 bridgehead atoms. The van der Waals surface area contributed by atoms with Gasteiger partial charge in [-0.15, -0.1) is 10.2 Å². The number of nitrogen functional groups attached to an aromatic ring is 1. The van der Waals surface area contributed by atoms with Gasteiger partial charge in [-0.25, -0.2) is 4.68 Å². The molecule has 1 aromatic heterocycles. The van der Waals surface area contributed by atoms with E-state index < -0.39 is 0 Å². The summed E-state index contributed by atoms with van der Waals surface area (Å²) in [5.74, 6) is 6.96. The Labute approximate surface area is 92.9 Å². The fourth-order valence-corrected chi connectivity index (χ4v) is 2.00. The highest BCUT2D eigenvalue weighted by atomic mass is 32.2. The largest absolute Gasteiger partial charge is 0.336 e. The first kappa shape index (κ1) is 11.5. The maximum Gasteiger partial charge on any atom is 0.209 e. The van der Waals surface area contributed by atoms with E-state index in [0.29, 0.717) is 9.80 Å². The van der Waals surface area contributed by atoms with Gasteiger partial charge in [0.25, 0.3) is 0 Å². The van der Waals surface area contributed by atoms with Crippen LogP contribution in [0.4, 0.5) is 0 Å². The van der Waals surface area contributed by atoms with Crippen LogP contribution in [-0.4, -0.2) is 20.6 Å². The number of hydrogen-bond acceptors (Lipinski definition) is 5. The second kappa shape index (κ2) is 4.75. The van der Waals surface area contributed by atoms with Crippen LogP contribution in [-0.2, 0) is 0 Å². The van der Waals surface area contributed by atoms with Crippen molar-refractivity contribution >= 4 is 24.0 Å². The minimum atomic E-state index is 0.255. The first-order valence-electron chi connectivity index (χ1n) is 4.45. The number of nitrogens with zero attached hydrogens (tertiary/aromatic N) is 3. The van der Waals surface area contributed by atoms with Gasteiger partial charge in [-0.1, -0.05) is 44.8 Å². The van der Waals surface area contributed by atoms with Crippen LogP contribution >= 0.6 is 24.0 Å². The molecule has 0 aliphatic rings. The molecule has 0 aliphatic carbocycles. The van der Waals surface area contributed by atoms with Crippen molar-refractivity contribution in [3.05, 3.63) is 10.3 Å². The summed E-state index contributed by atoms with van der Waals surface area (Å²) in [6.07, 6.45) is 0. The van der Waals surface area contributed by atoms with Crippen molar-refractivity contribution in [1.82, 2.24) is 14.9 Å². The predicted octanol–water partition coefficient (Wildman–Crippen LogP) is 1.96. The van der Waals surface area contributed by atoms with Gasteiger partial charge in [0.2, 0.25) is 5.16 Å². The van der Waals surface area contributed by atoms with Crippen LogP contribution in [0, 0.1) is 4.64 Å². The van der Waals surface area contributed by atoms with Gasteiger partial charge >= 0.3 is 0 Å². The van der Waals surface area contributed by atoms with E-state index in [1.54, 1.807) is 0 Å². The Kier molecular flexibility index (Phi) is 3.88. The molecule has 0 aliphatic heterocycles. The van der Waals surface area contributed by atoms with Crippen molar-refractivity contribution in [3.63, 3.8) is 0 Å². The molecule has 0 aromatic carbocycles. The van der Waals surface area contributed by atoms with Crippen LogP contribution in [0.15, 0.2) is 5.16 Å². The molecule has 2 N–H and O–H groups in total. The predicted molar refractivity (Wildman–Crippen MR) is 61.5 cm³/mol. The molecule has 0 saturated heterocycles. The van der Waals surface area contributed by atoms with Gasteiger partial charge in [0.1, 0.15) is 5.69 Å². The Morgan fingerprint density at radius 3 is 2.64 bits per heavy atom. The smallest absolute Gasteiger partial charge is 0.209 e. The van der Waals surface area contributed by atoms with Crippen LogP contribution in [0.3, 0.4) is 0 Å². The van der Waals surface area contributed by atoms with E-state index in [4.69, 9.17) is 18.1 Å². The second-order valence-electron chi connectivity index (χ2n) is 3.13. The lowest BCUT2D eigenvalue weighted by atomic mass is 10.1. The van der Waals surface area contributed by atoms with Gasteiger partial charge in [-0.05, 0) is 5.75 Å². The standard InChI is InChI=1S/C8H14N4S2/c1-4-14-8-11-10-6(5(2)3)7(13)12(8)9/h5H,4,9H2,1-3H3. The van der Waals surface area contributed by atoms with E-state index in [9.17, 15) is 0 Å². The quantitative estimate of drug-likeness (QED) is 0.488. The molecule has 0 fully saturated rings. The Morgan fingerprint density at radius 2 is 2.14 bits per heavy atom. The minimum absolute atomic E-state index is 0.255. The molecular weight excluding hydrogens is 216 g/mol. The summed E-state index contributed by atoms with van der Waals surface area (Å²) >= 11 is 6.73. The Bertz CT molecular complexity index is 372. The molecular formula is C8H14N4S2.